The van der Waals surface area contributed by atoms with Crippen molar-refractivity contribution in [2.75, 3.05) is 11.9 Å². The summed E-state index contributed by atoms with van der Waals surface area (Å²) in [5.74, 6) is 0.159. The summed E-state index contributed by atoms with van der Waals surface area (Å²) in [6, 6.07) is 10.3. The highest BCUT2D eigenvalue weighted by Gasteiger charge is 2.12. The molecule has 3 rings (SSSR count). The Balaban J connectivity index is 1.53. The first-order valence-corrected chi connectivity index (χ1v) is 9.59. The summed E-state index contributed by atoms with van der Waals surface area (Å²) in [6.07, 6.45) is 3.57. The van der Waals surface area contributed by atoms with Gasteiger partial charge in [-0.3, -0.25) is 4.79 Å². The molecule has 2 aromatic heterocycles. The number of esters is 1. The Labute approximate surface area is 161 Å². The van der Waals surface area contributed by atoms with E-state index in [4.69, 9.17) is 9.15 Å². The minimum Gasteiger partial charge on any atom is -0.462 e. The van der Waals surface area contributed by atoms with Crippen LogP contribution in [0.3, 0.4) is 0 Å². The molecule has 0 unspecified atom stereocenters. The van der Waals surface area contributed by atoms with Crippen LogP contribution in [0, 0.1) is 0 Å². The van der Waals surface area contributed by atoms with Crippen LogP contribution in [0.1, 0.15) is 35.8 Å². The summed E-state index contributed by atoms with van der Waals surface area (Å²) in [5.41, 5.74) is 1.76. The van der Waals surface area contributed by atoms with E-state index in [9.17, 15) is 9.59 Å². The van der Waals surface area contributed by atoms with Gasteiger partial charge in [-0.25, -0.2) is 9.78 Å². The van der Waals surface area contributed by atoms with E-state index < -0.39 is 0 Å². The number of carbonyl (C=O) groups excluding carboxylic acids is 2. The van der Waals surface area contributed by atoms with Gasteiger partial charge in [0.2, 0.25) is 5.91 Å². The molecule has 0 saturated carbocycles. The molecular formula is C20H20N2O4S. The number of aromatic nitrogens is 1. The van der Waals surface area contributed by atoms with Crippen LogP contribution in [-0.2, 0) is 16.0 Å². The van der Waals surface area contributed by atoms with Gasteiger partial charge in [0, 0.05) is 11.1 Å². The fourth-order valence-electron chi connectivity index (χ4n) is 2.35. The first-order chi connectivity index (χ1) is 13.2. The predicted octanol–water partition coefficient (Wildman–Crippen LogP) is 4.54. The van der Waals surface area contributed by atoms with Crippen LogP contribution in [0.2, 0.25) is 0 Å². The number of furan rings is 1. The molecule has 3 aromatic rings. The summed E-state index contributed by atoms with van der Waals surface area (Å²) < 4.78 is 10.5. The summed E-state index contributed by atoms with van der Waals surface area (Å²) in [5, 5.41) is 5.39. The molecule has 1 amide bonds. The van der Waals surface area contributed by atoms with Gasteiger partial charge in [0.1, 0.15) is 0 Å². The van der Waals surface area contributed by atoms with E-state index in [2.05, 4.69) is 10.3 Å². The van der Waals surface area contributed by atoms with Crippen LogP contribution in [0.5, 0.6) is 0 Å². The molecule has 2 heterocycles. The van der Waals surface area contributed by atoms with Crippen LogP contribution in [0.15, 0.2) is 52.5 Å². The Morgan fingerprint density at radius 2 is 2.04 bits per heavy atom. The molecule has 0 fully saturated rings. The highest BCUT2D eigenvalue weighted by atomic mass is 32.1. The zero-order valence-corrected chi connectivity index (χ0v) is 15.8. The van der Waals surface area contributed by atoms with E-state index in [-0.39, 0.29) is 18.3 Å². The first-order valence-electron chi connectivity index (χ1n) is 8.71. The number of rotatable bonds is 8. The standard InChI is InChI=1S/C20H20N2O4S/c1-2-3-10-26-20(24)14-6-8-15(9-7-14)21-18(23)12-16-13-27-19(22-16)17-5-4-11-25-17/h4-9,11,13H,2-3,10,12H2,1H3,(H,21,23). The van der Waals surface area contributed by atoms with E-state index in [0.29, 0.717) is 29.3 Å². The van der Waals surface area contributed by atoms with Crippen molar-refractivity contribution in [1.82, 2.24) is 4.98 Å². The van der Waals surface area contributed by atoms with Gasteiger partial charge in [-0.2, -0.15) is 0 Å². The number of nitrogens with one attached hydrogen (secondary N) is 1. The van der Waals surface area contributed by atoms with Gasteiger partial charge in [0.05, 0.1) is 30.5 Å². The Hall–Kier alpha value is -2.93. The molecule has 0 spiro atoms. The fourth-order valence-corrected chi connectivity index (χ4v) is 3.14. The van der Waals surface area contributed by atoms with Gasteiger partial charge < -0.3 is 14.5 Å². The Bertz CT molecular complexity index is 885. The molecule has 6 nitrogen and oxygen atoms in total. The molecule has 0 aliphatic carbocycles. The average Bonchev–Trinajstić information content (AvgIpc) is 3.34. The molecular weight excluding hydrogens is 364 g/mol. The summed E-state index contributed by atoms with van der Waals surface area (Å²) in [7, 11) is 0. The largest absolute Gasteiger partial charge is 0.462 e. The number of amides is 1. The topological polar surface area (TPSA) is 81.4 Å². The number of benzene rings is 1. The number of ether oxygens (including phenoxy) is 1. The maximum atomic E-state index is 12.2. The minimum atomic E-state index is -0.353. The third-order valence-electron chi connectivity index (χ3n) is 3.76. The second-order valence-electron chi connectivity index (χ2n) is 5.91. The number of hydrogen-bond donors (Lipinski definition) is 1. The van der Waals surface area contributed by atoms with E-state index in [1.54, 1.807) is 36.6 Å². The fraction of sp³-hybridized carbons (Fsp3) is 0.250. The zero-order valence-electron chi connectivity index (χ0n) is 14.9. The average molecular weight is 384 g/mol. The quantitative estimate of drug-likeness (QED) is 0.455. The number of unbranched alkanes of at least 4 members (excludes halogenated alkanes) is 1. The van der Waals surface area contributed by atoms with Crippen LogP contribution in [0.25, 0.3) is 10.8 Å². The monoisotopic (exact) mass is 384 g/mol. The lowest BCUT2D eigenvalue weighted by atomic mass is 10.2. The zero-order chi connectivity index (χ0) is 19.1. The summed E-state index contributed by atoms with van der Waals surface area (Å²) in [6.45, 7) is 2.45. The normalized spacial score (nSPS) is 10.6. The van der Waals surface area contributed by atoms with E-state index >= 15 is 0 Å². The van der Waals surface area contributed by atoms with Gasteiger partial charge in [-0.15, -0.1) is 11.3 Å². The highest BCUT2D eigenvalue weighted by molar-refractivity contribution is 7.13. The third kappa shape index (κ3) is 5.27. The lowest BCUT2D eigenvalue weighted by Gasteiger charge is -2.06. The molecule has 1 N–H and O–H groups in total. The Morgan fingerprint density at radius 1 is 1.22 bits per heavy atom. The van der Waals surface area contributed by atoms with Crippen molar-refractivity contribution in [3.05, 3.63) is 59.3 Å². The summed E-state index contributed by atoms with van der Waals surface area (Å²) in [4.78, 5) is 28.5. The maximum Gasteiger partial charge on any atom is 0.338 e. The van der Waals surface area contributed by atoms with Crippen LogP contribution >= 0.6 is 11.3 Å². The lowest BCUT2D eigenvalue weighted by molar-refractivity contribution is -0.115. The van der Waals surface area contributed by atoms with Crippen molar-refractivity contribution < 1.29 is 18.7 Å². The van der Waals surface area contributed by atoms with Gasteiger partial charge in [-0.05, 0) is 42.8 Å². The number of anilines is 1. The molecule has 1 aromatic carbocycles. The van der Waals surface area contributed by atoms with Crippen molar-refractivity contribution in [2.45, 2.75) is 26.2 Å². The molecule has 140 valence electrons. The van der Waals surface area contributed by atoms with Crippen molar-refractivity contribution in [2.24, 2.45) is 0 Å². The predicted molar refractivity (Wildman–Crippen MR) is 104 cm³/mol. The van der Waals surface area contributed by atoms with Crippen molar-refractivity contribution in [3.63, 3.8) is 0 Å². The lowest BCUT2D eigenvalue weighted by Crippen LogP contribution is -2.14. The number of thiazole rings is 1. The van der Waals surface area contributed by atoms with Crippen LogP contribution in [0.4, 0.5) is 5.69 Å². The first kappa shape index (κ1) is 18.8. The molecule has 0 bridgehead atoms. The maximum absolute atomic E-state index is 12.2. The molecule has 0 saturated heterocycles. The highest BCUT2D eigenvalue weighted by Crippen LogP contribution is 2.24. The molecule has 0 aliphatic rings. The Kier molecular flexibility index (Phi) is 6.38. The van der Waals surface area contributed by atoms with E-state index in [1.165, 1.54) is 11.3 Å². The molecule has 0 radical (unpaired) electrons. The van der Waals surface area contributed by atoms with Gasteiger partial charge in [0.15, 0.2) is 10.8 Å². The van der Waals surface area contributed by atoms with E-state index in [1.807, 2.05) is 18.4 Å². The van der Waals surface area contributed by atoms with Gasteiger partial charge in [0.25, 0.3) is 0 Å². The molecule has 0 aliphatic heterocycles. The second-order valence-corrected chi connectivity index (χ2v) is 6.77. The number of carbonyl (C=O) groups is 2. The van der Waals surface area contributed by atoms with E-state index in [0.717, 1.165) is 17.8 Å². The van der Waals surface area contributed by atoms with Crippen LogP contribution < -0.4 is 5.32 Å². The smallest absolute Gasteiger partial charge is 0.338 e. The number of hydrogen-bond acceptors (Lipinski definition) is 6. The van der Waals surface area contributed by atoms with Gasteiger partial charge >= 0.3 is 5.97 Å². The van der Waals surface area contributed by atoms with Crippen molar-refractivity contribution >= 4 is 28.9 Å². The molecule has 7 heteroatoms. The minimum absolute atomic E-state index is 0.165. The summed E-state index contributed by atoms with van der Waals surface area (Å²) >= 11 is 1.43. The molecule has 0 atom stereocenters. The van der Waals surface area contributed by atoms with Gasteiger partial charge in [-0.1, -0.05) is 13.3 Å². The Morgan fingerprint density at radius 3 is 2.74 bits per heavy atom. The number of nitrogens with zero attached hydrogens (tertiary/aromatic N) is 1. The second kappa shape index (κ2) is 9.14. The SMILES string of the molecule is CCCCOC(=O)c1ccc(NC(=O)Cc2csc(-c3ccco3)n2)cc1. The van der Waals surface area contributed by atoms with Crippen molar-refractivity contribution in [1.29, 1.82) is 0 Å². The molecule has 27 heavy (non-hydrogen) atoms. The van der Waals surface area contributed by atoms with Crippen molar-refractivity contribution in [3.8, 4) is 10.8 Å². The van der Waals surface area contributed by atoms with Crippen LogP contribution in [-0.4, -0.2) is 23.5 Å². The third-order valence-corrected chi connectivity index (χ3v) is 4.67.